The van der Waals surface area contributed by atoms with Gasteiger partial charge in [-0.2, -0.15) is 0 Å². The first-order chi connectivity index (χ1) is 8.46. The van der Waals surface area contributed by atoms with Crippen molar-refractivity contribution in [1.82, 2.24) is 0 Å². The Morgan fingerprint density at radius 2 is 2.11 bits per heavy atom. The smallest absolute Gasteiger partial charge is 0.343 e. The molecule has 0 fully saturated rings. The number of hydrogen-bond acceptors (Lipinski definition) is 3. The molecule has 94 valence electrons. The van der Waals surface area contributed by atoms with E-state index in [2.05, 4.69) is 0 Å². The fourth-order valence-corrected chi connectivity index (χ4v) is 2.27. The third-order valence-electron chi connectivity index (χ3n) is 3.26. The highest BCUT2D eigenvalue weighted by molar-refractivity contribution is 5.84. The topological polar surface area (TPSA) is 39.4 Å². The average Bonchev–Trinajstić information content (AvgIpc) is 2.29. The van der Waals surface area contributed by atoms with E-state index in [0.717, 1.165) is 6.42 Å². The SMILES string of the molecule is CC1(C)CCc2c(c3cc(F)ccc3oc2=O)O1. The van der Waals surface area contributed by atoms with Crippen LogP contribution in [0.1, 0.15) is 25.8 Å². The second-order valence-electron chi connectivity index (χ2n) is 5.20. The summed E-state index contributed by atoms with van der Waals surface area (Å²) >= 11 is 0. The van der Waals surface area contributed by atoms with Gasteiger partial charge in [0, 0.05) is 0 Å². The number of halogens is 1. The molecule has 0 N–H and O–H groups in total. The number of benzene rings is 1. The Kier molecular flexibility index (Phi) is 2.24. The van der Waals surface area contributed by atoms with Gasteiger partial charge in [0.25, 0.3) is 0 Å². The molecule has 0 spiro atoms. The summed E-state index contributed by atoms with van der Waals surface area (Å²) in [6, 6.07) is 4.07. The molecule has 2 heterocycles. The van der Waals surface area contributed by atoms with E-state index in [0.29, 0.717) is 28.7 Å². The summed E-state index contributed by atoms with van der Waals surface area (Å²) in [4.78, 5) is 11.8. The molecule has 0 amide bonds. The minimum atomic E-state index is -0.389. The highest BCUT2D eigenvalue weighted by atomic mass is 19.1. The van der Waals surface area contributed by atoms with Crippen molar-refractivity contribution in [2.45, 2.75) is 32.3 Å². The largest absolute Gasteiger partial charge is 0.487 e. The van der Waals surface area contributed by atoms with Crippen LogP contribution in [0.3, 0.4) is 0 Å². The molecule has 0 aliphatic carbocycles. The zero-order valence-electron chi connectivity index (χ0n) is 10.2. The van der Waals surface area contributed by atoms with Gasteiger partial charge in [-0.1, -0.05) is 0 Å². The van der Waals surface area contributed by atoms with Crippen molar-refractivity contribution < 1.29 is 13.5 Å². The fourth-order valence-electron chi connectivity index (χ4n) is 2.27. The standard InChI is InChI=1S/C14H13FO3/c1-14(2)6-5-9-12(18-14)10-7-8(15)3-4-11(10)17-13(9)16/h3-4,7H,5-6H2,1-2H3. The maximum Gasteiger partial charge on any atom is 0.343 e. The summed E-state index contributed by atoms with van der Waals surface area (Å²) in [5.74, 6) is 0.0996. The summed E-state index contributed by atoms with van der Waals surface area (Å²) in [5.41, 5.74) is 0.130. The molecular weight excluding hydrogens is 235 g/mol. The van der Waals surface area contributed by atoms with Crippen molar-refractivity contribution in [3.05, 3.63) is 40.0 Å². The summed E-state index contributed by atoms with van der Waals surface area (Å²) in [7, 11) is 0. The van der Waals surface area contributed by atoms with E-state index in [4.69, 9.17) is 9.15 Å². The quantitative estimate of drug-likeness (QED) is 0.673. The van der Waals surface area contributed by atoms with Crippen LogP contribution >= 0.6 is 0 Å². The molecule has 1 aromatic heterocycles. The Labute approximate surface area is 103 Å². The van der Waals surface area contributed by atoms with Gasteiger partial charge in [-0.25, -0.2) is 9.18 Å². The van der Waals surface area contributed by atoms with E-state index < -0.39 is 0 Å². The molecule has 3 nitrogen and oxygen atoms in total. The van der Waals surface area contributed by atoms with Crippen LogP contribution in [0.15, 0.2) is 27.4 Å². The van der Waals surface area contributed by atoms with Crippen LogP contribution in [0, 0.1) is 5.82 Å². The lowest BCUT2D eigenvalue weighted by atomic mass is 9.94. The normalized spacial score (nSPS) is 17.3. The van der Waals surface area contributed by atoms with Gasteiger partial charge in [-0.3, -0.25) is 0 Å². The fraction of sp³-hybridized carbons (Fsp3) is 0.357. The summed E-state index contributed by atoms with van der Waals surface area (Å²) in [5, 5.41) is 0.525. The Hall–Kier alpha value is -1.84. The van der Waals surface area contributed by atoms with E-state index in [1.807, 2.05) is 13.8 Å². The minimum Gasteiger partial charge on any atom is -0.487 e. The molecule has 0 atom stereocenters. The number of hydrogen-bond donors (Lipinski definition) is 0. The third kappa shape index (κ3) is 1.68. The maximum absolute atomic E-state index is 13.3. The Balaban J connectivity index is 2.36. The van der Waals surface area contributed by atoms with Crippen molar-refractivity contribution in [1.29, 1.82) is 0 Å². The summed E-state index contributed by atoms with van der Waals surface area (Å²) in [6.07, 6.45) is 1.34. The molecule has 4 heteroatoms. The summed E-state index contributed by atoms with van der Waals surface area (Å²) < 4.78 is 24.3. The second-order valence-corrected chi connectivity index (χ2v) is 5.20. The average molecular weight is 248 g/mol. The van der Waals surface area contributed by atoms with Gasteiger partial charge >= 0.3 is 5.63 Å². The number of ether oxygens (including phenoxy) is 1. The Morgan fingerprint density at radius 1 is 1.33 bits per heavy atom. The second kappa shape index (κ2) is 3.57. The van der Waals surface area contributed by atoms with E-state index >= 15 is 0 Å². The van der Waals surface area contributed by atoms with Crippen molar-refractivity contribution in [2.24, 2.45) is 0 Å². The molecule has 0 saturated heterocycles. The van der Waals surface area contributed by atoms with E-state index in [1.165, 1.54) is 18.2 Å². The Morgan fingerprint density at radius 3 is 2.89 bits per heavy atom. The lowest BCUT2D eigenvalue weighted by Gasteiger charge is -2.32. The first kappa shape index (κ1) is 11.3. The van der Waals surface area contributed by atoms with Gasteiger partial charge in [0.05, 0.1) is 10.9 Å². The molecule has 0 bridgehead atoms. The van der Waals surface area contributed by atoms with Crippen LogP contribution in [0.2, 0.25) is 0 Å². The molecule has 3 rings (SSSR count). The highest BCUT2D eigenvalue weighted by Gasteiger charge is 2.30. The molecule has 1 aromatic carbocycles. The summed E-state index contributed by atoms with van der Waals surface area (Å²) in [6.45, 7) is 3.91. The van der Waals surface area contributed by atoms with Crippen LogP contribution in [-0.2, 0) is 6.42 Å². The monoisotopic (exact) mass is 248 g/mol. The molecule has 1 aliphatic rings. The highest BCUT2D eigenvalue weighted by Crippen LogP contribution is 2.36. The molecule has 0 unspecified atom stereocenters. The zero-order valence-corrected chi connectivity index (χ0v) is 10.2. The van der Waals surface area contributed by atoms with Gasteiger partial charge in [0.1, 0.15) is 22.8 Å². The van der Waals surface area contributed by atoms with Gasteiger partial charge in [-0.05, 0) is 44.9 Å². The number of fused-ring (bicyclic) bond motifs is 3. The van der Waals surface area contributed by atoms with E-state index in [1.54, 1.807) is 0 Å². The van der Waals surface area contributed by atoms with Crippen LogP contribution < -0.4 is 10.4 Å². The predicted octanol–water partition coefficient (Wildman–Crippen LogP) is 3.04. The van der Waals surface area contributed by atoms with Crippen molar-refractivity contribution >= 4 is 11.0 Å². The maximum atomic E-state index is 13.3. The lowest BCUT2D eigenvalue weighted by molar-refractivity contribution is 0.0851. The van der Waals surface area contributed by atoms with Crippen molar-refractivity contribution in [2.75, 3.05) is 0 Å². The zero-order chi connectivity index (χ0) is 12.9. The molecule has 18 heavy (non-hydrogen) atoms. The predicted molar refractivity (Wildman–Crippen MR) is 65.5 cm³/mol. The molecular formula is C14H13FO3. The van der Waals surface area contributed by atoms with Crippen LogP contribution in [0.4, 0.5) is 4.39 Å². The molecule has 0 saturated carbocycles. The molecule has 2 aromatic rings. The molecule has 0 radical (unpaired) electrons. The lowest BCUT2D eigenvalue weighted by Crippen LogP contribution is -2.34. The van der Waals surface area contributed by atoms with E-state index in [-0.39, 0.29) is 17.0 Å². The van der Waals surface area contributed by atoms with Crippen molar-refractivity contribution in [3.8, 4) is 5.75 Å². The van der Waals surface area contributed by atoms with Gasteiger partial charge in [-0.15, -0.1) is 0 Å². The third-order valence-corrected chi connectivity index (χ3v) is 3.26. The Bertz CT molecular complexity index is 685. The first-order valence-electron chi connectivity index (χ1n) is 5.90. The van der Waals surface area contributed by atoms with Crippen molar-refractivity contribution in [3.63, 3.8) is 0 Å². The van der Waals surface area contributed by atoms with E-state index in [9.17, 15) is 9.18 Å². The molecule has 1 aliphatic heterocycles. The van der Waals surface area contributed by atoms with Gasteiger partial charge in [0.15, 0.2) is 0 Å². The van der Waals surface area contributed by atoms with Crippen LogP contribution in [-0.4, -0.2) is 5.60 Å². The van der Waals surface area contributed by atoms with Crippen LogP contribution in [0.5, 0.6) is 5.75 Å². The van der Waals surface area contributed by atoms with Gasteiger partial charge in [0.2, 0.25) is 0 Å². The number of rotatable bonds is 0. The van der Waals surface area contributed by atoms with Gasteiger partial charge < -0.3 is 9.15 Å². The van der Waals surface area contributed by atoms with Crippen LogP contribution in [0.25, 0.3) is 11.0 Å². The first-order valence-corrected chi connectivity index (χ1v) is 5.90. The minimum absolute atomic E-state index is 0.347.